The maximum atomic E-state index is 11.3. The van der Waals surface area contributed by atoms with Gasteiger partial charge in [0.25, 0.3) is 0 Å². The van der Waals surface area contributed by atoms with Crippen molar-refractivity contribution < 1.29 is 19.7 Å². The normalized spacial score (nSPS) is 13.1. The summed E-state index contributed by atoms with van der Waals surface area (Å²) in [5.74, 6) is -0.222. The highest BCUT2D eigenvalue weighted by atomic mass is 32.1. The van der Waals surface area contributed by atoms with Crippen LogP contribution in [0, 0.1) is 0 Å². The molecule has 0 aliphatic heterocycles. The molecular weight excluding hydrogens is 362 g/mol. The topological polar surface area (TPSA) is 79.7 Å². The number of thiazole rings is 1. The number of ether oxygens (including phenoxy) is 1. The van der Waals surface area contributed by atoms with Gasteiger partial charge >= 0.3 is 5.97 Å². The first-order chi connectivity index (χ1) is 13.1. The molecule has 27 heavy (non-hydrogen) atoms. The Kier molecular flexibility index (Phi) is 16.1. The Morgan fingerprint density at radius 1 is 1.22 bits per heavy atom. The molecule has 2 atom stereocenters. The van der Waals surface area contributed by atoms with Crippen molar-refractivity contribution in [1.82, 2.24) is 4.98 Å². The molecule has 2 N–H and O–H groups in total. The van der Waals surface area contributed by atoms with Gasteiger partial charge in [-0.15, -0.1) is 11.3 Å². The molecule has 0 saturated carbocycles. The van der Waals surface area contributed by atoms with Gasteiger partial charge in [0, 0.05) is 12.6 Å². The van der Waals surface area contributed by atoms with E-state index in [2.05, 4.69) is 11.9 Å². The van der Waals surface area contributed by atoms with Crippen molar-refractivity contribution in [3.05, 3.63) is 22.2 Å². The minimum absolute atomic E-state index is 0.222. The zero-order valence-electron chi connectivity index (χ0n) is 17.3. The van der Waals surface area contributed by atoms with Crippen LogP contribution in [0.4, 0.5) is 0 Å². The van der Waals surface area contributed by atoms with Gasteiger partial charge < -0.3 is 14.9 Å². The van der Waals surface area contributed by atoms with E-state index in [0.717, 1.165) is 35.6 Å². The molecule has 1 aromatic rings. The van der Waals surface area contributed by atoms with Crippen molar-refractivity contribution in [3.8, 4) is 0 Å². The zero-order valence-corrected chi connectivity index (χ0v) is 18.1. The number of aromatic nitrogens is 1. The summed E-state index contributed by atoms with van der Waals surface area (Å²) >= 11 is 1.44. The van der Waals surface area contributed by atoms with Gasteiger partial charge in [0.05, 0.1) is 23.7 Å². The van der Waals surface area contributed by atoms with Crippen LogP contribution >= 0.6 is 11.3 Å². The molecule has 0 spiro atoms. The molecule has 0 amide bonds. The lowest BCUT2D eigenvalue weighted by Gasteiger charge is -2.07. The Balaban J connectivity index is 0.00000326. The molecule has 6 heteroatoms. The first-order valence-electron chi connectivity index (χ1n) is 10.2. The van der Waals surface area contributed by atoms with Crippen LogP contribution in [0.2, 0.25) is 0 Å². The van der Waals surface area contributed by atoms with Gasteiger partial charge in [0.2, 0.25) is 0 Å². The fourth-order valence-electron chi connectivity index (χ4n) is 2.42. The number of nitrogens with zero attached hydrogens (tertiary/aromatic N) is 1. The molecule has 0 bridgehead atoms. The highest BCUT2D eigenvalue weighted by Gasteiger charge is 2.12. The average molecular weight is 400 g/mol. The molecule has 0 saturated heterocycles. The van der Waals surface area contributed by atoms with Crippen molar-refractivity contribution in [2.75, 3.05) is 6.61 Å². The zero-order chi connectivity index (χ0) is 20.5. The number of rotatable bonds is 13. The van der Waals surface area contributed by atoms with Crippen LogP contribution in [-0.2, 0) is 9.53 Å². The highest BCUT2D eigenvalue weighted by Crippen LogP contribution is 2.26. The van der Waals surface area contributed by atoms with Crippen LogP contribution in [-0.4, -0.2) is 33.9 Å². The Morgan fingerprint density at radius 3 is 2.63 bits per heavy atom. The van der Waals surface area contributed by atoms with Crippen molar-refractivity contribution in [1.29, 1.82) is 0 Å². The first kappa shape index (κ1) is 25.8. The van der Waals surface area contributed by atoms with E-state index < -0.39 is 6.10 Å². The molecule has 1 heterocycles. The Labute approximate surface area is 168 Å². The predicted molar refractivity (Wildman–Crippen MR) is 113 cm³/mol. The number of unbranched alkanes of at least 4 members (excludes halogenated alkanes) is 2. The molecule has 2 unspecified atom stereocenters. The summed E-state index contributed by atoms with van der Waals surface area (Å²) in [6.07, 6.45) is 10.9. The number of aliphatic hydroxyl groups is 2. The van der Waals surface area contributed by atoms with E-state index >= 15 is 0 Å². The van der Waals surface area contributed by atoms with Gasteiger partial charge in [-0.1, -0.05) is 46.1 Å². The first-order valence-corrected chi connectivity index (χ1v) is 11.0. The maximum Gasteiger partial charge on any atom is 0.305 e. The van der Waals surface area contributed by atoms with Crippen LogP contribution in [0.1, 0.15) is 95.1 Å². The number of carbonyl (C=O) groups is 1. The van der Waals surface area contributed by atoms with E-state index in [4.69, 9.17) is 4.74 Å². The molecule has 1 rings (SSSR count). The van der Waals surface area contributed by atoms with E-state index in [1.54, 1.807) is 13.1 Å². The van der Waals surface area contributed by atoms with Crippen molar-refractivity contribution in [2.24, 2.45) is 0 Å². The fraction of sp³-hybridized carbons (Fsp3) is 0.714. The predicted octanol–water partition coefficient (Wildman–Crippen LogP) is 5.28. The third-order valence-electron chi connectivity index (χ3n) is 3.84. The second kappa shape index (κ2) is 16.9. The Bertz CT molecular complexity index is 516. The van der Waals surface area contributed by atoms with Gasteiger partial charge in [-0.05, 0) is 38.7 Å². The van der Waals surface area contributed by atoms with Crippen LogP contribution < -0.4 is 0 Å². The largest absolute Gasteiger partial charge is 0.466 e. The summed E-state index contributed by atoms with van der Waals surface area (Å²) in [5.41, 5.74) is 0. The third-order valence-corrected chi connectivity index (χ3v) is 4.91. The molecule has 156 valence electrons. The number of hydrogen-bond acceptors (Lipinski definition) is 6. The number of carbonyl (C=O) groups excluding carboxylic acids is 1. The monoisotopic (exact) mass is 399 g/mol. The third kappa shape index (κ3) is 12.7. The van der Waals surface area contributed by atoms with E-state index in [-0.39, 0.29) is 12.1 Å². The fourth-order valence-corrected chi connectivity index (χ4v) is 3.29. The second-order valence-corrected chi connectivity index (χ2v) is 7.20. The van der Waals surface area contributed by atoms with Gasteiger partial charge in [-0.2, -0.15) is 0 Å². The van der Waals surface area contributed by atoms with Crippen LogP contribution in [0.3, 0.4) is 0 Å². The smallest absolute Gasteiger partial charge is 0.305 e. The molecule has 0 radical (unpaired) electrons. The van der Waals surface area contributed by atoms with Crippen LogP contribution in [0.25, 0.3) is 6.08 Å². The molecule has 0 fully saturated rings. The summed E-state index contributed by atoms with van der Waals surface area (Å²) in [4.78, 5) is 16.4. The van der Waals surface area contributed by atoms with E-state index in [1.165, 1.54) is 11.3 Å². The van der Waals surface area contributed by atoms with Crippen molar-refractivity contribution >= 4 is 23.4 Å². The lowest BCUT2D eigenvalue weighted by Crippen LogP contribution is -2.04. The van der Waals surface area contributed by atoms with Gasteiger partial charge in [-0.3, -0.25) is 4.79 Å². The lowest BCUT2D eigenvalue weighted by atomic mass is 10.1. The lowest BCUT2D eigenvalue weighted by molar-refractivity contribution is -0.143. The Morgan fingerprint density at radius 2 is 1.96 bits per heavy atom. The summed E-state index contributed by atoms with van der Waals surface area (Å²) < 4.78 is 4.87. The van der Waals surface area contributed by atoms with Crippen LogP contribution in [0.15, 0.2) is 12.3 Å². The summed E-state index contributed by atoms with van der Waals surface area (Å²) in [7, 11) is 0. The molecule has 1 aromatic heterocycles. The maximum absolute atomic E-state index is 11.3. The molecule has 0 aromatic carbocycles. The summed E-state index contributed by atoms with van der Waals surface area (Å²) in [6.45, 7) is 8.32. The van der Waals surface area contributed by atoms with Crippen LogP contribution in [0.5, 0.6) is 0 Å². The quantitative estimate of drug-likeness (QED) is 0.348. The minimum atomic E-state index is -0.603. The number of esters is 1. The van der Waals surface area contributed by atoms with E-state index in [1.807, 2.05) is 26.0 Å². The summed E-state index contributed by atoms with van der Waals surface area (Å²) in [6, 6.07) is 0. The summed E-state index contributed by atoms with van der Waals surface area (Å²) in [5, 5.41) is 20.9. The highest BCUT2D eigenvalue weighted by molar-refractivity contribution is 7.12. The Hall–Kier alpha value is -1.24. The van der Waals surface area contributed by atoms with Crippen molar-refractivity contribution in [2.45, 2.75) is 91.3 Å². The standard InChI is InChI=1S/C19H31NO4S.C2H6/c1-3-5-6-9-15(21)10-7-12-18-20-14-17(25-18)16(22)11-8-13-19(23)24-4-2;1-2/h7,12,14-16,21-22H,3-6,8-11,13H2,1-2H3;1-2H3/b12-7+;. The molecule has 0 aliphatic carbocycles. The van der Waals surface area contributed by atoms with E-state index in [0.29, 0.717) is 32.3 Å². The minimum Gasteiger partial charge on any atom is -0.466 e. The van der Waals surface area contributed by atoms with E-state index in [9.17, 15) is 15.0 Å². The number of aliphatic hydroxyl groups excluding tert-OH is 2. The van der Waals surface area contributed by atoms with Crippen molar-refractivity contribution in [3.63, 3.8) is 0 Å². The van der Waals surface area contributed by atoms with Gasteiger partial charge in [0.15, 0.2) is 0 Å². The van der Waals surface area contributed by atoms with Gasteiger partial charge in [-0.25, -0.2) is 4.98 Å². The second-order valence-electron chi connectivity index (χ2n) is 6.10. The molecule has 5 nitrogen and oxygen atoms in total. The average Bonchev–Trinajstić information content (AvgIpc) is 3.13. The van der Waals surface area contributed by atoms with Gasteiger partial charge in [0.1, 0.15) is 5.01 Å². The molecule has 0 aliphatic rings. The number of hydrogen-bond donors (Lipinski definition) is 2. The molecular formula is C21H37NO4S. The SMILES string of the molecule is CC.CCCCCC(O)C/C=C/c1ncc(C(O)CCCC(=O)OCC)s1.